The summed E-state index contributed by atoms with van der Waals surface area (Å²) in [6.07, 6.45) is 0. The summed E-state index contributed by atoms with van der Waals surface area (Å²) in [5.74, 6) is 0.281. The van der Waals surface area contributed by atoms with Gasteiger partial charge in [0.25, 0.3) is 0 Å². The van der Waals surface area contributed by atoms with Gasteiger partial charge in [-0.25, -0.2) is 4.98 Å². The monoisotopic (exact) mass is 218 g/mol. The molecule has 0 bridgehead atoms. The maximum atomic E-state index is 10.3. The van der Waals surface area contributed by atoms with Gasteiger partial charge < -0.3 is 19.9 Å². The van der Waals surface area contributed by atoms with Crippen LogP contribution in [0, 0.1) is 0 Å². The number of nitrogens with zero attached hydrogens (tertiary/aromatic N) is 1. The minimum Gasteiger partial charge on any atom is -0.480 e. The van der Waals surface area contributed by atoms with E-state index in [1.807, 2.05) is 0 Å². The van der Waals surface area contributed by atoms with Crippen molar-refractivity contribution in [1.29, 1.82) is 0 Å². The van der Waals surface area contributed by atoms with Crippen LogP contribution < -0.4 is 10.5 Å². The lowest BCUT2D eigenvalue weighted by Gasteiger charge is -2.05. The summed E-state index contributed by atoms with van der Waals surface area (Å²) in [4.78, 5) is 12.4. The summed E-state index contributed by atoms with van der Waals surface area (Å²) in [7, 11) is -1.48. The third kappa shape index (κ3) is 2.99. The molecule has 0 amide bonds. The van der Waals surface area contributed by atoms with Crippen molar-refractivity contribution in [3.8, 4) is 5.88 Å². The fraction of sp³-hybridized carbons (Fsp3) is 0.286. The van der Waals surface area contributed by atoms with Gasteiger partial charge in [-0.2, -0.15) is 0 Å². The number of nitrogens with two attached hydrogens (primary N) is 1. The van der Waals surface area contributed by atoms with Crippen LogP contribution in [0.5, 0.6) is 5.88 Å². The fourth-order valence-corrected chi connectivity index (χ4v) is 1.14. The molecule has 0 aliphatic carbocycles. The lowest BCUT2D eigenvalue weighted by atomic mass is 10.3. The second-order valence-corrected chi connectivity index (χ2v) is 3.28. The first-order valence-corrected chi connectivity index (χ1v) is 5.05. The van der Waals surface area contributed by atoms with Crippen LogP contribution in [0.4, 0.5) is 5.69 Å². The van der Waals surface area contributed by atoms with Gasteiger partial charge in [0.1, 0.15) is 0 Å². The average Bonchev–Trinajstić information content (AvgIpc) is 2.16. The van der Waals surface area contributed by atoms with Crippen molar-refractivity contribution in [3.05, 3.63) is 17.8 Å². The zero-order valence-corrected chi connectivity index (χ0v) is 8.56. The summed E-state index contributed by atoms with van der Waals surface area (Å²) in [5.41, 5.74) is 6.42. The number of pyridine rings is 1. The van der Waals surface area contributed by atoms with Crippen molar-refractivity contribution in [3.63, 3.8) is 0 Å². The van der Waals surface area contributed by atoms with E-state index in [1.54, 1.807) is 12.1 Å². The van der Waals surface area contributed by atoms with Crippen LogP contribution in [0.15, 0.2) is 12.1 Å². The highest BCUT2D eigenvalue weighted by Crippen LogP contribution is 2.21. The van der Waals surface area contributed by atoms with E-state index in [0.29, 0.717) is 11.4 Å². The van der Waals surface area contributed by atoms with E-state index in [-0.39, 0.29) is 12.5 Å². The molecule has 1 atom stereocenters. The van der Waals surface area contributed by atoms with E-state index >= 15 is 0 Å². The normalized spacial score (nSPS) is 12.4. The van der Waals surface area contributed by atoms with Gasteiger partial charge in [0.15, 0.2) is 0 Å². The van der Waals surface area contributed by atoms with Gasteiger partial charge in [-0.1, -0.05) is 0 Å². The molecule has 6 nitrogen and oxygen atoms in total. The van der Waals surface area contributed by atoms with E-state index in [9.17, 15) is 4.57 Å². The summed E-state index contributed by atoms with van der Waals surface area (Å²) < 4.78 is 19.7. The van der Waals surface area contributed by atoms with Crippen molar-refractivity contribution in [2.75, 3.05) is 12.8 Å². The van der Waals surface area contributed by atoms with E-state index < -0.39 is 8.25 Å². The zero-order valence-electron chi connectivity index (χ0n) is 7.56. The molecule has 0 fully saturated rings. The van der Waals surface area contributed by atoms with Gasteiger partial charge >= 0.3 is 8.25 Å². The predicted molar refractivity (Wildman–Crippen MR) is 51.2 cm³/mol. The maximum absolute atomic E-state index is 10.3. The second-order valence-electron chi connectivity index (χ2n) is 2.46. The van der Waals surface area contributed by atoms with Crippen molar-refractivity contribution in [2.24, 2.45) is 0 Å². The molecule has 0 spiro atoms. The molecular weight excluding hydrogens is 207 g/mol. The lowest BCUT2D eigenvalue weighted by Crippen LogP contribution is -1.99. The Bertz CT molecular complexity index is 344. The first-order valence-electron chi connectivity index (χ1n) is 3.78. The van der Waals surface area contributed by atoms with E-state index in [0.717, 1.165) is 0 Å². The maximum Gasteiger partial charge on any atom is 0.316 e. The van der Waals surface area contributed by atoms with Gasteiger partial charge in [0, 0.05) is 0 Å². The molecule has 14 heavy (non-hydrogen) atoms. The predicted octanol–water partition coefficient (Wildman–Crippen LogP) is 0.571. The van der Waals surface area contributed by atoms with Crippen LogP contribution in [0.1, 0.15) is 5.69 Å². The Balaban J connectivity index is 2.74. The third-order valence-electron chi connectivity index (χ3n) is 1.48. The Morgan fingerprint density at radius 2 is 2.36 bits per heavy atom. The number of hydrogen-bond donors (Lipinski definition) is 2. The highest BCUT2D eigenvalue weighted by atomic mass is 31.1. The molecule has 78 valence electrons. The molecule has 0 saturated carbocycles. The smallest absolute Gasteiger partial charge is 0.316 e. The summed E-state index contributed by atoms with van der Waals surface area (Å²) in [6.45, 7) is -0.0368. The Labute approximate surface area is 81.6 Å². The van der Waals surface area contributed by atoms with Crippen LogP contribution >= 0.6 is 8.25 Å². The number of anilines is 1. The van der Waals surface area contributed by atoms with Crippen molar-refractivity contribution < 1.29 is 18.7 Å². The largest absolute Gasteiger partial charge is 0.480 e. The Morgan fingerprint density at radius 1 is 1.64 bits per heavy atom. The number of nitrogen functional groups attached to an aromatic ring is 1. The van der Waals surface area contributed by atoms with Gasteiger partial charge in [-0.05, 0) is 12.1 Å². The second kappa shape index (κ2) is 4.95. The highest BCUT2D eigenvalue weighted by Gasteiger charge is 2.03. The van der Waals surface area contributed by atoms with E-state index in [4.69, 9.17) is 15.4 Å². The fourth-order valence-electron chi connectivity index (χ4n) is 0.869. The highest BCUT2D eigenvalue weighted by molar-refractivity contribution is 7.32. The minimum absolute atomic E-state index is 0.0368. The molecule has 1 unspecified atom stereocenters. The standard InChI is InChI=1S/C7H11N2O4P/c1-12-7-6(8)3-2-5(9-7)4-13-14(10)11/h2-3,14H,4,8H2,1H3,(H,10,11). The molecule has 1 heterocycles. The van der Waals surface area contributed by atoms with E-state index in [1.165, 1.54) is 7.11 Å². The Kier molecular flexibility index (Phi) is 3.88. The van der Waals surface area contributed by atoms with E-state index in [2.05, 4.69) is 9.51 Å². The number of rotatable bonds is 4. The molecule has 0 aliphatic rings. The third-order valence-corrected chi connectivity index (χ3v) is 1.88. The summed E-state index contributed by atoms with van der Waals surface area (Å²) in [6, 6.07) is 3.20. The SMILES string of the molecule is COc1nc(CO[PH](=O)O)ccc1N. The van der Waals surface area contributed by atoms with Gasteiger partial charge in [-0.15, -0.1) is 0 Å². The van der Waals surface area contributed by atoms with Gasteiger partial charge in [0.05, 0.1) is 25.1 Å². The topological polar surface area (TPSA) is 94.7 Å². The molecule has 0 saturated heterocycles. The Morgan fingerprint density at radius 3 is 2.93 bits per heavy atom. The van der Waals surface area contributed by atoms with Crippen LogP contribution in [0.25, 0.3) is 0 Å². The minimum atomic E-state index is -2.92. The Hall–Kier alpha value is -1.10. The molecule has 3 N–H and O–H groups in total. The van der Waals surface area contributed by atoms with Crippen LogP contribution in [-0.2, 0) is 15.7 Å². The van der Waals surface area contributed by atoms with Gasteiger partial charge in [0.2, 0.25) is 5.88 Å². The van der Waals surface area contributed by atoms with Crippen molar-refractivity contribution in [2.45, 2.75) is 6.61 Å². The molecule has 0 radical (unpaired) electrons. The van der Waals surface area contributed by atoms with Crippen molar-refractivity contribution in [1.82, 2.24) is 4.98 Å². The quantitative estimate of drug-likeness (QED) is 0.717. The molecule has 0 aromatic carbocycles. The van der Waals surface area contributed by atoms with Crippen LogP contribution in [0.3, 0.4) is 0 Å². The number of methoxy groups -OCH3 is 1. The van der Waals surface area contributed by atoms with Gasteiger partial charge in [-0.3, -0.25) is 4.57 Å². The molecular formula is C7H11N2O4P. The first kappa shape index (κ1) is 11.0. The summed E-state index contributed by atoms with van der Waals surface area (Å²) >= 11 is 0. The molecule has 1 rings (SSSR count). The molecule has 1 aromatic rings. The zero-order chi connectivity index (χ0) is 10.6. The molecule has 7 heteroatoms. The first-order chi connectivity index (χ1) is 6.63. The number of ether oxygens (including phenoxy) is 1. The molecule has 0 aliphatic heterocycles. The average molecular weight is 218 g/mol. The molecule has 1 aromatic heterocycles. The number of aromatic nitrogens is 1. The number of hydrogen-bond acceptors (Lipinski definition) is 5. The van der Waals surface area contributed by atoms with Crippen LogP contribution in [-0.4, -0.2) is 17.0 Å². The van der Waals surface area contributed by atoms with Crippen LogP contribution in [0.2, 0.25) is 0 Å². The van der Waals surface area contributed by atoms with Crippen molar-refractivity contribution >= 4 is 13.9 Å². The lowest BCUT2D eigenvalue weighted by molar-refractivity contribution is 0.267. The summed E-state index contributed by atoms with van der Waals surface area (Å²) in [5, 5.41) is 0.